The van der Waals surface area contributed by atoms with Crippen LogP contribution in [0, 0.1) is 0 Å². The van der Waals surface area contributed by atoms with Gasteiger partial charge in [-0.25, -0.2) is 0 Å². The lowest BCUT2D eigenvalue weighted by atomic mass is 9.95. The summed E-state index contributed by atoms with van der Waals surface area (Å²) in [5.41, 5.74) is -0.704. The first kappa shape index (κ1) is 30.7. The van der Waals surface area contributed by atoms with E-state index in [2.05, 4.69) is 0 Å². The van der Waals surface area contributed by atoms with Gasteiger partial charge >= 0.3 is 0 Å². The highest BCUT2D eigenvalue weighted by Gasteiger charge is 2.45. The first-order chi connectivity index (χ1) is 14.8. The Morgan fingerprint density at radius 2 is 1.15 bits per heavy atom. The maximum absolute atomic E-state index is 10.2. The van der Waals surface area contributed by atoms with Crippen molar-refractivity contribution in [3.63, 3.8) is 0 Å². The topological polar surface area (TPSA) is 104 Å². The summed E-state index contributed by atoms with van der Waals surface area (Å²) in [6, 6.07) is -0.290. The van der Waals surface area contributed by atoms with Gasteiger partial charge in [0.05, 0.1) is 35.6 Å². The summed E-state index contributed by atoms with van der Waals surface area (Å²) in [6.07, 6.45) is -2.84. The van der Waals surface area contributed by atoms with Crippen molar-refractivity contribution in [1.29, 1.82) is 0 Å². The predicted octanol–water partition coefficient (Wildman–Crippen LogP) is 1.43. The van der Waals surface area contributed by atoms with Crippen LogP contribution in [-0.4, -0.2) is 120 Å². The Kier molecular flexibility index (Phi) is 11.2. The molecule has 2 aliphatic rings. The average Bonchev–Trinajstić information content (AvgIpc) is 2.60. The summed E-state index contributed by atoms with van der Waals surface area (Å²) in [4.78, 5) is 3.83. The molecule has 2 aliphatic heterocycles. The van der Waals surface area contributed by atoms with Gasteiger partial charge in [0.15, 0.2) is 12.6 Å². The molecule has 0 spiro atoms. The third-order valence-corrected chi connectivity index (χ3v) is 5.62. The number of aliphatic hydroxyl groups excluding tert-OH is 3. The van der Waals surface area contributed by atoms with Gasteiger partial charge in [0.2, 0.25) is 0 Å². The van der Waals surface area contributed by atoms with Crippen LogP contribution in [-0.2, 0) is 18.9 Å². The van der Waals surface area contributed by atoms with E-state index < -0.39 is 36.5 Å². The number of nitrogens with zero attached hydrogens (tertiary/aromatic N) is 2. The maximum atomic E-state index is 10.2. The molecule has 0 aromatic rings. The highest BCUT2D eigenvalue weighted by atomic mass is 16.7. The Hall–Kier alpha value is -0.360. The minimum absolute atomic E-state index is 0.0936. The fourth-order valence-corrected chi connectivity index (χ4v) is 4.06. The van der Waals surface area contributed by atoms with Crippen LogP contribution in [0.1, 0.15) is 61.8 Å². The largest absolute Gasteiger partial charge is 0.389 e. The summed E-state index contributed by atoms with van der Waals surface area (Å²) >= 11 is 0. The molecule has 9 heteroatoms. The summed E-state index contributed by atoms with van der Waals surface area (Å²) < 4.78 is 22.6. The predicted molar refractivity (Wildman–Crippen MR) is 128 cm³/mol. The molecule has 0 aromatic heterocycles. The highest BCUT2D eigenvalue weighted by molar-refractivity contribution is 4.93. The Labute approximate surface area is 200 Å². The second kappa shape index (κ2) is 12.1. The van der Waals surface area contributed by atoms with E-state index in [1.165, 1.54) is 0 Å². The molecule has 3 N–H and O–H groups in total. The minimum Gasteiger partial charge on any atom is -0.389 e. The van der Waals surface area contributed by atoms with Crippen LogP contribution >= 0.6 is 0 Å². The van der Waals surface area contributed by atoms with Gasteiger partial charge in [-0.2, -0.15) is 0 Å². The van der Waals surface area contributed by atoms with Crippen molar-refractivity contribution in [2.45, 2.75) is 128 Å². The number of hydrogen-bond donors (Lipinski definition) is 3. The Morgan fingerprint density at radius 3 is 1.55 bits per heavy atom. The molecule has 0 amide bonds. The highest BCUT2D eigenvalue weighted by Crippen LogP contribution is 2.28. The van der Waals surface area contributed by atoms with E-state index in [-0.39, 0.29) is 29.9 Å². The van der Waals surface area contributed by atoms with Gasteiger partial charge in [-0.1, -0.05) is 0 Å². The molecule has 0 saturated carbocycles. The van der Waals surface area contributed by atoms with Crippen molar-refractivity contribution in [3.05, 3.63) is 0 Å². The van der Waals surface area contributed by atoms with Gasteiger partial charge in [-0.15, -0.1) is 0 Å². The number of hydrogen-bond acceptors (Lipinski definition) is 9. The number of aliphatic hydroxyl groups is 3. The molecular formula is C24H50N2O7. The van der Waals surface area contributed by atoms with E-state index in [1.807, 2.05) is 81.6 Å². The van der Waals surface area contributed by atoms with Crippen molar-refractivity contribution in [3.8, 4) is 0 Å². The van der Waals surface area contributed by atoms with Gasteiger partial charge in [0.1, 0.15) is 12.2 Å². The van der Waals surface area contributed by atoms with E-state index in [4.69, 9.17) is 18.9 Å². The molecule has 33 heavy (non-hydrogen) atoms. The molecule has 9 unspecified atom stereocenters. The quantitative estimate of drug-likeness (QED) is 0.553. The molecule has 9 atom stereocenters. The fraction of sp³-hybridized carbons (Fsp3) is 1.00. The minimum atomic E-state index is -0.865. The van der Waals surface area contributed by atoms with Gasteiger partial charge in [0.25, 0.3) is 0 Å². The molecule has 198 valence electrons. The second-order valence-electron chi connectivity index (χ2n) is 11.7. The van der Waals surface area contributed by atoms with Crippen LogP contribution in [0.25, 0.3) is 0 Å². The average molecular weight is 479 g/mol. The SMILES string of the molecule is CC1CC(N(C)C)C(O)C(OC(C)(C)C)O1.CC1OC(OC(C)(C)C)C(O)C(N(C)C)C1O. The van der Waals surface area contributed by atoms with Crippen LogP contribution in [0.3, 0.4) is 0 Å². The normalized spacial score (nSPS) is 38.3. The maximum Gasteiger partial charge on any atom is 0.186 e. The zero-order chi connectivity index (χ0) is 25.9. The van der Waals surface area contributed by atoms with Crippen LogP contribution in [0.15, 0.2) is 0 Å². The second-order valence-corrected chi connectivity index (χ2v) is 11.7. The van der Waals surface area contributed by atoms with Crippen LogP contribution in [0.5, 0.6) is 0 Å². The monoisotopic (exact) mass is 478 g/mol. The number of ether oxygens (including phenoxy) is 4. The summed E-state index contributed by atoms with van der Waals surface area (Å²) in [5, 5.41) is 30.4. The van der Waals surface area contributed by atoms with E-state index in [1.54, 1.807) is 11.8 Å². The molecule has 2 saturated heterocycles. The molecule has 2 heterocycles. The number of likely N-dealkylation sites (N-methyl/N-ethyl adjacent to an activating group) is 2. The molecule has 0 aromatic carbocycles. The first-order valence-corrected chi connectivity index (χ1v) is 11.9. The fourth-order valence-electron chi connectivity index (χ4n) is 4.06. The van der Waals surface area contributed by atoms with Gasteiger partial charge in [-0.3, -0.25) is 0 Å². The van der Waals surface area contributed by atoms with E-state index >= 15 is 0 Å². The first-order valence-electron chi connectivity index (χ1n) is 11.9. The third-order valence-electron chi connectivity index (χ3n) is 5.62. The van der Waals surface area contributed by atoms with Crippen LogP contribution in [0.4, 0.5) is 0 Å². The van der Waals surface area contributed by atoms with E-state index in [0.717, 1.165) is 6.42 Å². The Balaban J connectivity index is 0.000000331. The van der Waals surface area contributed by atoms with Crippen LogP contribution in [0.2, 0.25) is 0 Å². The standard InChI is InChI=1S/C12H25NO4.C12H25NO3/c1-7-9(14)8(13(5)6)10(15)11(16-7)17-12(2,3)4;1-8-7-9(13(5)6)10(14)11(15-8)16-12(2,3)4/h7-11,14-15H,1-6H3;8-11,14H,7H2,1-6H3. The zero-order valence-electron chi connectivity index (χ0n) is 22.8. The molecule has 9 nitrogen and oxygen atoms in total. The molecule has 2 rings (SSSR count). The van der Waals surface area contributed by atoms with Crippen LogP contribution < -0.4 is 0 Å². The smallest absolute Gasteiger partial charge is 0.186 e. The summed E-state index contributed by atoms with van der Waals surface area (Å²) in [7, 11) is 7.59. The molecule has 2 fully saturated rings. The van der Waals surface area contributed by atoms with E-state index in [0.29, 0.717) is 0 Å². The lowest BCUT2D eigenvalue weighted by Gasteiger charge is -2.45. The lowest BCUT2D eigenvalue weighted by Crippen LogP contribution is -2.63. The van der Waals surface area contributed by atoms with Gasteiger partial charge < -0.3 is 44.1 Å². The molecular weight excluding hydrogens is 428 g/mol. The Morgan fingerprint density at radius 1 is 0.697 bits per heavy atom. The van der Waals surface area contributed by atoms with Crippen molar-refractivity contribution in [2.75, 3.05) is 28.2 Å². The van der Waals surface area contributed by atoms with Crippen molar-refractivity contribution < 1.29 is 34.3 Å². The number of rotatable bonds is 4. The van der Waals surface area contributed by atoms with Crippen molar-refractivity contribution >= 4 is 0 Å². The molecule has 0 bridgehead atoms. The lowest BCUT2D eigenvalue weighted by molar-refractivity contribution is -0.303. The molecule has 0 aliphatic carbocycles. The van der Waals surface area contributed by atoms with Gasteiger partial charge in [-0.05, 0) is 90.0 Å². The third kappa shape index (κ3) is 9.66. The molecule has 0 radical (unpaired) electrons. The van der Waals surface area contributed by atoms with E-state index in [9.17, 15) is 15.3 Å². The zero-order valence-corrected chi connectivity index (χ0v) is 22.8. The summed E-state index contributed by atoms with van der Waals surface area (Å²) in [5.74, 6) is 0. The van der Waals surface area contributed by atoms with Crippen molar-refractivity contribution in [1.82, 2.24) is 9.80 Å². The Bertz CT molecular complexity index is 576. The summed E-state index contributed by atoms with van der Waals surface area (Å²) in [6.45, 7) is 15.4. The van der Waals surface area contributed by atoms with Crippen molar-refractivity contribution in [2.24, 2.45) is 0 Å². The van der Waals surface area contributed by atoms with Gasteiger partial charge in [0, 0.05) is 6.04 Å².